The summed E-state index contributed by atoms with van der Waals surface area (Å²) in [5.74, 6) is -0.133. The van der Waals surface area contributed by atoms with Gasteiger partial charge in [-0.3, -0.25) is 9.48 Å². The second kappa shape index (κ2) is 7.27. The molecule has 1 saturated carbocycles. The SMILES string of the molecule is CCC(CC)n1nc(C)cc1C(=O)NCC1(O)CCCCC1. The molecule has 0 atom stereocenters. The van der Waals surface area contributed by atoms with Crippen molar-refractivity contribution in [1.29, 1.82) is 0 Å². The van der Waals surface area contributed by atoms with Gasteiger partial charge in [0.25, 0.3) is 5.91 Å². The second-order valence-corrected chi connectivity index (χ2v) is 6.55. The fourth-order valence-corrected chi connectivity index (χ4v) is 3.32. The Bertz CT molecular complexity index is 500. The van der Waals surface area contributed by atoms with E-state index < -0.39 is 5.60 Å². The molecule has 2 N–H and O–H groups in total. The van der Waals surface area contributed by atoms with Crippen LogP contribution in [-0.4, -0.2) is 32.9 Å². The number of rotatable bonds is 6. The van der Waals surface area contributed by atoms with E-state index in [2.05, 4.69) is 24.3 Å². The molecule has 0 aromatic carbocycles. The van der Waals surface area contributed by atoms with E-state index in [0.29, 0.717) is 12.2 Å². The fourth-order valence-electron chi connectivity index (χ4n) is 3.32. The molecule has 1 aliphatic carbocycles. The molecular formula is C17H29N3O2. The van der Waals surface area contributed by atoms with E-state index in [4.69, 9.17) is 0 Å². The van der Waals surface area contributed by atoms with Crippen molar-refractivity contribution < 1.29 is 9.90 Å². The summed E-state index contributed by atoms with van der Waals surface area (Å²) >= 11 is 0. The summed E-state index contributed by atoms with van der Waals surface area (Å²) in [5.41, 5.74) is 0.724. The lowest BCUT2D eigenvalue weighted by Crippen LogP contribution is -2.44. The summed E-state index contributed by atoms with van der Waals surface area (Å²) in [7, 11) is 0. The highest BCUT2D eigenvalue weighted by Gasteiger charge is 2.30. The van der Waals surface area contributed by atoms with Crippen LogP contribution >= 0.6 is 0 Å². The number of hydrogen-bond donors (Lipinski definition) is 2. The Morgan fingerprint density at radius 1 is 1.36 bits per heavy atom. The molecule has 1 fully saturated rings. The predicted octanol–water partition coefficient (Wildman–Crippen LogP) is 2.98. The van der Waals surface area contributed by atoms with Crippen LogP contribution in [0.5, 0.6) is 0 Å². The number of aliphatic hydroxyl groups is 1. The Labute approximate surface area is 133 Å². The Kier molecular flexibility index (Phi) is 5.62. The fraction of sp³-hybridized carbons (Fsp3) is 0.765. The van der Waals surface area contributed by atoms with Crippen molar-refractivity contribution in [3.8, 4) is 0 Å². The summed E-state index contributed by atoms with van der Waals surface area (Å²) in [5, 5.41) is 17.9. The first kappa shape index (κ1) is 17.0. The van der Waals surface area contributed by atoms with Gasteiger partial charge in [0.05, 0.1) is 17.3 Å². The van der Waals surface area contributed by atoms with Gasteiger partial charge in [0.2, 0.25) is 0 Å². The molecule has 1 aromatic heterocycles. The van der Waals surface area contributed by atoms with Gasteiger partial charge in [-0.15, -0.1) is 0 Å². The smallest absolute Gasteiger partial charge is 0.269 e. The molecular weight excluding hydrogens is 278 g/mol. The summed E-state index contributed by atoms with van der Waals surface area (Å²) in [6.07, 6.45) is 6.70. The number of carbonyl (C=O) groups excluding carboxylic acids is 1. The van der Waals surface area contributed by atoms with E-state index >= 15 is 0 Å². The number of nitrogens with zero attached hydrogens (tertiary/aromatic N) is 2. The molecule has 1 amide bonds. The van der Waals surface area contributed by atoms with Crippen molar-refractivity contribution in [2.45, 2.75) is 77.4 Å². The van der Waals surface area contributed by atoms with Crippen LogP contribution in [0.1, 0.15) is 81.0 Å². The molecule has 22 heavy (non-hydrogen) atoms. The summed E-state index contributed by atoms with van der Waals surface area (Å²) in [6, 6.07) is 2.07. The molecule has 124 valence electrons. The zero-order valence-electron chi connectivity index (χ0n) is 14.1. The number of hydrogen-bond acceptors (Lipinski definition) is 3. The van der Waals surface area contributed by atoms with Gasteiger partial charge in [-0.1, -0.05) is 33.1 Å². The summed E-state index contributed by atoms with van der Waals surface area (Å²) in [6.45, 7) is 6.46. The molecule has 0 aliphatic heterocycles. The Morgan fingerprint density at radius 2 is 2.00 bits per heavy atom. The number of amides is 1. The normalized spacial score (nSPS) is 17.7. The predicted molar refractivity (Wildman–Crippen MR) is 87.0 cm³/mol. The van der Waals surface area contributed by atoms with Crippen LogP contribution in [0.15, 0.2) is 6.07 Å². The lowest BCUT2D eigenvalue weighted by Gasteiger charge is -2.32. The third-order valence-electron chi connectivity index (χ3n) is 4.74. The molecule has 0 radical (unpaired) electrons. The first-order valence-electron chi connectivity index (χ1n) is 8.56. The molecule has 1 aromatic rings. The topological polar surface area (TPSA) is 67.2 Å². The van der Waals surface area contributed by atoms with Crippen LogP contribution in [0, 0.1) is 6.92 Å². The molecule has 5 heteroatoms. The number of nitrogens with one attached hydrogen (secondary N) is 1. The van der Waals surface area contributed by atoms with Crippen molar-refractivity contribution in [2.24, 2.45) is 0 Å². The molecule has 1 heterocycles. The van der Waals surface area contributed by atoms with Crippen LogP contribution in [0.3, 0.4) is 0 Å². The van der Waals surface area contributed by atoms with Gasteiger partial charge in [0, 0.05) is 6.54 Å². The van der Waals surface area contributed by atoms with Crippen molar-refractivity contribution in [3.63, 3.8) is 0 Å². The zero-order chi connectivity index (χ0) is 16.2. The standard InChI is InChI=1S/C17H29N3O2/c1-4-14(5-2)20-15(11-13(3)19-20)16(21)18-12-17(22)9-7-6-8-10-17/h11,14,22H,4-10,12H2,1-3H3,(H,18,21). The van der Waals surface area contributed by atoms with E-state index in [1.807, 2.05) is 17.7 Å². The molecule has 0 unspecified atom stereocenters. The van der Waals surface area contributed by atoms with Crippen molar-refractivity contribution in [1.82, 2.24) is 15.1 Å². The minimum Gasteiger partial charge on any atom is -0.388 e. The van der Waals surface area contributed by atoms with Crippen LogP contribution in [0.4, 0.5) is 0 Å². The maximum atomic E-state index is 12.5. The highest BCUT2D eigenvalue weighted by molar-refractivity contribution is 5.92. The monoisotopic (exact) mass is 307 g/mol. The summed E-state index contributed by atoms with van der Waals surface area (Å²) < 4.78 is 1.84. The second-order valence-electron chi connectivity index (χ2n) is 6.55. The maximum Gasteiger partial charge on any atom is 0.269 e. The Balaban J connectivity index is 2.06. The van der Waals surface area contributed by atoms with Gasteiger partial charge in [-0.2, -0.15) is 5.10 Å². The number of aryl methyl sites for hydroxylation is 1. The van der Waals surface area contributed by atoms with E-state index in [-0.39, 0.29) is 11.9 Å². The van der Waals surface area contributed by atoms with Crippen LogP contribution in [0.2, 0.25) is 0 Å². The molecule has 0 spiro atoms. The third kappa shape index (κ3) is 3.88. The number of aromatic nitrogens is 2. The van der Waals surface area contributed by atoms with E-state index in [1.165, 1.54) is 6.42 Å². The van der Waals surface area contributed by atoms with E-state index in [9.17, 15) is 9.90 Å². The van der Waals surface area contributed by atoms with Gasteiger partial charge in [0.1, 0.15) is 5.69 Å². The average Bonchev–Trinajstić information content (AvgIpc) is 2.89. The van der Waals surface area contributed by atoms with Gasteiger partial charge >= 0.3 is 0 Å². The van der Waals surface area contributed by atoms with Crippen molar-refractivity contribution >= 4 is 5.91 Å². The zero-order valence-corrected chi connectivity index (χ0v) is 14.1. The Morgan fingerprint density at radius 3 is 2.59 bits per heavy atom. The highest BCUT2D eigenvalue weighted by Crippen LogP contribution is 2.27. The molecule has 2 rings (SSSR count). The van der Waals surface area contributed by atoms with Crippen LogP contribution in [-0.2, 0) is 0 Å². The lowest BCUT2D eigenvalue weighted by atomic mass is 9.85. The van der Waals surface area contributed by atoms with Crippen molar-refractivity contribution in [2.75, 3.05) is 6.54 Å². The van der Waals surface area contributed by atoms with Gasteiger partial charge in [0.15, 0.2) is 0 Å². The molecule has 1 aliphatic rings. The van der Waals surface area contributed by atoms with Gasteiger partial charge in [-0.05, 0) is 38.7 Å². The molecule has 0 bridgehead atoms. The first-order chi connectivity index (χ1) is 10.5. The maximum absolute atomic E-state index is 12.5. The number of carbonyl (C=O) groups is 1. The first-order valence-corrected chi connectivity index (χ1v) is 8.56. The minimum absolute atomic E-state index is 0.133. The Hall–Kier alpha value is -1.36. The minimum atomic E-state index is -0.733. The van der Waals surface area contributed by atoms with Crippen molar-refractivity contribution in [3.05, 3.63) is 17.5 Å². The van der Waals surface area contributed by atoms with E-state index in [0.717, 1.165) is 44.2 Å². The largest absolute Gasteiger partial charge is 0.388 e. The highest BCUT2D eigenvalue weighted by atomic mass is 16.3. The van der Waals surface area contributed by atoms with Gasteiger partial charge < -0.3 is 10.4 Å². The van der Waals surface area contributed by atoms with Gasteiger partial charge in [-0.25, -0.2) is 0 Å². The van der Waals surface area contributed by atoms with E-state index in [1.54, 1.807) is 0 Å². The summed E-state index contributed by atoms with van der Waals surface area (Å²) in [4.78, 5) is 12.5. The van der Waals surface area contributed by atoms with Crippen LogP contribution < -0.4 is 5.32 Å². The third-order valence-corrected chi connectivity index (χ3v) is 4.74. The van der Waals surface area contributed by atoms with Crippen LogP contribution in [0.25, 0.3) is 0 Å². The molecule has 5 nitrogen and oxygen atoms in total. The quantitative estimate of drug-likeness (QED) is 0.849. The lowest BCUT2D eigenvalue weighted by molar-refractivity contribution is 0.00514. The molecule has 0 saturated heterocycles. The average molecular weight is 307 g/mol.